The number of pyridine rings is 1. The molecule has 1 aliphatic rings. The molecule has 7 nitrogen and oxygen atoms in total. The van der Waals surface area contributed by atoms with Crippen LogP contribution in [0.2, 0.25) is 0 Å². The summed E-state index contributed by atoms with van der Waals surface area (Å²) >= 11 is 0. The van der Waals surface area contributed by atoms with Crippen LogP contribution in [0.15, 0.2) is 12.1 Å². The Kier molecular flexibility index (Phi) is 4.21. The van der Waals surface area contributed by atoms with Crippen molar-refractivity contribution in [2.24, 2.45) is 0 Å². The van der Waals surface area contributed by atoms with Crippen molar-refractivity contribution in [3.05, 3.63) is 23.4 Å². The zero-order valence-corrected chi connectivity index (χ0v) is 11.9. The number of aryl methyl sites for hydroxylation is 1. The summed E-state index contributed by atoms with van der Waals surface area (Å²) in [6.45, 7) is 1.97. The minimum absolute atomic E-state index is 0.0530. The van der Waals surface area contributed by atoms with Gasteiger partial charge in [0, 0.05) is 12.7 Å². The summed E-state index contributed by atoms with van der Waals surface area (Å²) in [7, 11) is 1.43. The van der Waals surface area contributed by atoms with Crippen molar-refractivity contribution in [2.45, 2.75) is 32.2 Å². The number of carboxylic acid groups (broad SMARTS) is 1. The number of hydrogen-bond acceptors (Lipinski definition) is 5. The second-order valence-corrected chi connectivity index (χ2v) is 4.98. The number of anilines is 1. The highest BCUT2D eigenvalue weighted by Gasteiger charge is 2.36. The fraction of sp³-hybridized carbons (Fsp3) is 0.429. The summed E-state index contributed by atoms with van der Waals surface area (Å²) in [6, 6.07) is 2.20. The molecule has 0 aliphatic carbocycles. The van der Waals surface area contributed by atoms with Crippen LogP contribution < -0.4 is 5.32 Å². The van der Waals surface area contributed by atoms with Gasteiger partial charge in [0.1, 0.15) is 11.9 Å². The van der Waals surface area contributed by atoms with E-state index in [9.17, 15) is 14.4 Å². The van der Waals surface area contributed by atoms with E-state index in [1.165, 1.54) is 19.2 Å². The first-order chi connectivity index (χ1) is 9.92. The van der Waals surface area contributed by atoms with Gasteiger partial charge in [0.15, 0.2) is 0 Å². The Morgan fingerprint density at radius 3 is 2.71 bits per heavy atom. The van der Waals surface area contributed by atoms with Crippen LogP contribution in [0.4, 0.5) is 5.82 Å². The number of amides is 2. The number of imide groups is 1. The number of likely N-dealkylation sites (N-methyl/N-ethyl adjacent to an activating group) is 1. The first-order valence-corrected chi connectivity index (χ1v) is 6.73. The second-order valence-electron chi connectivity index (χ2n) is 4.98. The smallest absolute Gasteiger partial charge is 0.335 e. The third-order valence-corrected chi connectivity index (χ3v) is 3.34. The Morgan fingerprint density at radius 2 is 2.19 bits per heavy atom. The number of nitrogens with zero attached hydrogens (tertiary/aromatic N) is 2. The fourth-order valence-electron chi connectivity index (χ4n) is 2.22. The molecule has 0 saturated carbocycles. The van der Waals surface area contributed by atoms with Crippen LogP contribution in [-0.4, -0.2) is 45.9 Å². The van der Waals surface area contributed by atoms with Crippen molar-refractivity contribution in [2.75, 3.05) is 12.4 Å². The zero-order chi connectivity index (χ0) is 15.6. The van der Waals surface area contributed by atoms with Crippen molar-refractivity contribution in [1.29, 1.82) is 0 Å². The normalized spacial score (nSPS) is 18.2. The van der Waals surface area contributed by atoms with Gasteiger partial charge in [-0.2, -0.15) is 0 Å². The first kappa shape index (κ1) is 15.0. The lowest BCUT2D eigenvalue weighted by Gasteiger charge is -2.13. The van der Waals surface area contributed by atoms with Gasteiger partial charge in [-0.05, 0) is 18.6 Å². The van der Waals surface area contributed by atoms with Crippen LogP contribution in [0.1, 0.15) is 35.8 Å². The van der Waals surface area contributed by atoms with Gasteiger partial charge in [-0.15, -0.1) is 0 Å². The molecule has 0 bridgehead atoms. The summed E-state index contributed by atoms with van der Waals surface area (Å²) in [5.41, 5.74) is 0.756. The Bertz CT molecular complexity index is 600. The summed E-state index contributed by atoms with van der Waals surface area (Å²) in [6.07, 6.45) is 1.53. The van der Waals surface area contributed by atoms with Crippen LogP contribution in [0, 0.1) is 0 Å². The molecule has 0 radical (unpaired) electrons. The van der Waals surface area contributed by atoms with Gasteiger partial charge in [-0.1, -0.05) is 13.3 Å². The van der Waals surface area contributed by atoms with Gasteiger partial charge in [0.2, 0.25) is 5.91 Å². The molecule has 1 atom stereocenters. The van der Waals surface area contributed by atoms with Crippen LogP contribution in [0.25, 0.3) is 0 Å². The summed E-state index contributed by atoms with van der Waals surface area (Å²) < 4.78 is 0. The van der Waals surface area contributed by atoms with Crippen molar-refractivity contribution < 1.29 is 19.5 Å². The quantitative estimate of drug-likeness (QED) is 0.782. The van der Waals surface area contributed by atoms with Crippen molar-refractivity contribution in [3.8, 4) is 0 Å². The van der Waals surface area contributed by atoms with Gasteiger partial charge in [0.25, 0.3) is 5.91 Å². The van der Waals surface area contributed by atoms with E-state index in [0.29, 0.717) is 17.9 Å². The highest BCUT2D eigenvalue weighted by Crippen LogP contribution is 2.18. The molecule has 1 saturated heterocycles. The van der Waals surface area contributed by atoms with Crippen LogP contribution in [-0.2, 0) is 16.0 Å². The monoisotopic (exact) mass is 291 g/mol. The molecule has 2 N–H and O–H groups in total. The summed E-state index contributed by atoms with van der Waals surface area (Å²) in [4.78, 5) is 39.8. The van der Waals surface area contributed by atoms with Gasteiger partial charge in [0.05, 0.1) is 12.0 Å². The van der Waals surface area contributed by atoms with E-state index < -0.39 is 12.0 Å². The number of aromatic nitrogens is 1. The van der Waals surface area contributed by atoms with E-state index in [1.807, 2.05) is 6.92 Å². The van der Waals surface area contributed by atoms with E-state index in [1.54, 1.807) is 0 Å². The molecule has 112 valence electrons. The Labute approximate surface area is 122 Å². The number of nitrogens with one attached hydrogen (secondary N) is 1. The van der Waals surface area contributed by atoms with Gasteiger partial charge < -0.3 is 10.4 Å². The average Bonchev–Trinajstić information content (AvgIpc) is 2.66. The highest BCUT2D eigenvalue weighted by atomic mass is 16.4. The van der Waals surface area contributed by atoms with Crippen LogP contribution >= 0.6 is 0 Å². The average molecular weight is 291 g/mol. The van der Waals surface area contributed by atoms with E-state index in [2.05, 4.69) is 10.3 Å². The number of rotatable bonds is 5. The Balaban J connectivity index is 2.25. The predicted octanol–water partition coefficient (Wildman–Crippen LogP) is 0.901. The standard InChI is InChI=1S/C14H17N3O4/c1-3-4-9-5-8(14(20)21)6-11(15-9)16-10-7-12(18)17(2)13(10)19/h5-6,10H,3-4,7H2,1-2H3,(H,15,16)(H,20,21). The number of carboxylic acids is 1. The molecule has 0 aromatic carbocycles. The van der Waals surface area contributed by atoms with Crippen molar-refractivity contribution in [1.82, 2.24) is 9.88 Å². The molecule has 2 rings (SSSR count). The molecule has 1 fully saturated rings. The summed E-state index contributed by atoms with van der Waals surface area (Å²) in [5.74, 6) is -1.34. The number of aromatic carboxylic acids is 1. The number of carbonyl (C=O) groups excluding carboxylic acids is 2. The fourth-order valence-corrected chi connectivity index (χ4v) is 2.22. The molecule has 0 spiro atoms. The highest BCUT2D eigenvalue weighted by molar-refractivity contribution is 6.06. The Hall–Kier alpha value is -2.44. The largest absolute Gasteiger partial charge is 0.478 e. The molecule has 7 heteroatoms. The lowest BCUT2D eigenvalue weighted by molar-refractivity contribution is -0.136. The topological polar surface area (TPSA) is 99.6 Å². The Morgan fingerprint density at radius 1 is 1.48 bits per heavy atom. The maximum Gasteiger partial charge on any atom is 0.335 e. The van der Waals surface area contributed by atoms with Crippen molar-refractivity contribution in [3.63, 3.8) is 0 Å². The molecular formula is C14H17N3O4. The SMILES string of the molecule is CCCc1cc(C(=O)O)cc(NC2CC(=O)N(C)C2=O)n1. The number of likely N-dealkylation sites (tertiary alicyclic amines) is 1. The van der Waals surface area contributed by atoms with Gasteiger partial charge >= 0.3 is 5.97 Å². The third kappa shape index (κ3) is 3.18. The molecule has 1 aromatic heterocycles. The molecule has 2 amide bonds. The number of carbonyl (C=O) groups is 3. The van der Waals surface area contributed by atoms with E-state index >= 15 is 0 Å². The molecule has 2 heterocycles. The zero-order valence-electron chi connectivity index (χ0n) is 11.9. The van der Waals surface area contributed by atoms with Crippen LogP contribution in [0.5, 0.6) is 0 Å². The lowest BCUT2D eigenvalue weighted by atomic mass is 10.1. The van der Waals surface area contributed by atoms with E-state index in [4.69, 9.17) is 5.11 Å². The maximum absolute atomic E-state index is 11.8. The molecule has 1 aromatic rings. The number of hydrogen-bond donors (Lipinski definition) is 2. The predicted molar refractivity (Wildman–Crippen MR) is 75.0 cm³/mol. The third-order valence-electron chi connectivity index (χ3n) is 3.34. The molecule has 21 heavy (non-hydrogen) atoms. The second kappa shape index (κ2) is 5.90. The maximum atomic E-state index is 11.8. The van der Waals surface area contributed by atoms with E-state index in [0.717, 1.165) is 11.3 Å². The first-order valence-electron chi connectivity index (χ1n) is 6.73. The van der Waals surface area contributed by atoms with Crippen LogP contribution in [0.3, 0.4) is 0 Å². The van der Waals surface area contributed by atoms with Gasteiger partial charge in [-0.3, -0.25) is 14.5 Å². The van der Waals surface area contributed by atoms with E-state index in [-0.39, 0.29) is 23.8 Å². The van der Waals surface area contributed by atoms with Gasteiger partial charge in [-0.25, -0.2) is 9.78 Å². The lowest BCUT2D eigenvalue weighted by Crippen LogP contribution is -2.32. The minimum atomic E-state index is -1.05. The molecule has 1 aliphatic heterocycles. The summed E-state index contributed by atoms with van der Waals surface area (Å²) in [5, 5.41) is 12.0. The van der Waals surface area contributed by atoms with Crippen molar-refractivity contribution >= 4 is 23.6 Å². The molecular weight excluding hydrogens is 274 g/mol. The minimum Gasteiger partial charge on any atom is -0.478 e. The molecule has 1 unspecified atom stereocenters.